The summed E-state index contributed by atoms with van der Waals surface area (Å²) < 4.78 is 0. The van der Waals surface area contributed by atoms with Gasteiger partial charge in [0, 0.05) is 36.5 Å². The maximum atomic E-state index is 14.2. The number of nitrogens with zero attached hydrogens (tertiary/aromatic N) is 5. The van der Waals surface area contributed by atoms with E-state index >= 15 is 0 Å². The standard InChI is InChI=1S/C26H24ClN5O/c1-18-26(25(33)32(29-18)21-11-9-20(27)10-12-21)16-19-6-2-3-7-22(19)31-15-14-30(17-23(26)31)24-8-4-5-13-28-24/h2-13,23H,14-17H2,1H3/t23-,26+/m0/s1. The van der Waals surface area contributed by atoms with Crippen LogP contribution in [0.1, 0.15) is 12.5 Å². The second-order valence-corrected chi connectivity index (χ2v) is 9.34. The number of para-hydroxylation sites is 1. The van der Waals surface area contributed by atoms with Gasteiger partial charge < -0.3 is 9.80 Å². The van der Waals surface area contributed by atoms with E-state index in [0.29, 0.717) is 18.0 Å². The zero-order valence-electron chi connectivity index (χ0n) is 18.4. The lowest BCUT2D eigenvalue weighted by atomic mass is 9.67. The number of hydrogen-bond donors (Lipinski definition) is 0. The summed E-state index contributed by atoms with van der Waals surface area (Å²) in [7, 11) is 0. The van der Waals surface area contributed by atoms with Crippen LogP contribution in [0.15, 0.2) is 78.0 Å². The number of anilines is 3. The second kappa shape index (κ2) is 7.59. The summed E-state index contributed by atoms with van der Waals surface area (Å²) in [6.07, 6.45) is 2.46. The van der Waals surface area contributed by atoms with Crippen LogP contribution in [-0.4, -0.2) is 42.3 Å². The Hall–Kier alpha value is -3.38. The molecule has 3 aromatic rings. The molecule has 1 fully saturated rings. The van der Waals surface area contributed by atoms with Gasteiger partial charge in [0.15, 0.2) is 0 Å². The number of aromatic nitrogens is 1. The first kappa shape index (κ1) is 20.2. The molecule has 0 bridgehead atoms. The summed E-state index contributed by atoms with van der Waals surface area (Å²) in [5.41, 5.74) is 3.28. The smallest absolute Gasteiger partial charge is 0.261 e. The van der Waals surface area contributed by atoms with Crippen molar-refractivity contribution in [3.05, 3.63) is 83.5 Å². The number of benzene rings is 2. The Kier molecular flexibility index (Phi) is 4.66. The van der Waals surface area contributed by atoms with Crippen molar-refractivity contribution in [2.24, 2.45) is 10.5 Å². The maximum Gasteiger partial charge on any atom is 0.261 e. The number of carbonyl (C=O) groups excluding carboxylic acids is 1. The molecule has 3 aliphatic rings. The zero-order valence-corrected chi connectivity index (χ0v) is 19.1. The monoisotopic (exact) mass is 457 g/mol. The number of rotatable bonds is 2. The minimum absolute atomic E-state index is 0.0229. The summed E-state index contributed by atoms with van der Waals surface area (Å²) in [5, 5.41) is 7.01. The third-order valence-electron chi connectivity index (χ3n) is 7.23. The largest absolute Gasteiger partial charge is 0.363 e. The van der Waals surface area contributed by atoms with Gasteiger partial charge in [0.2, 0.25) is 0 Å². The highest BCUT2D eigenvalue weighted by atomic mass is 35.5. The van der Waals surface area contributed by atoms with Crippen LogP contribution in [-0.2, 0) is 11.2 Å². The van der Waals surface area contributed by atoms with Gasteiger partial charge in [-0.3, -0.25) is 4.79 Å². The van der Waals surface area contributed by atoms with Crippen LogP contribution in [0.2, 0.25) is 5.02 Å². The molecular formula is C26H24ClN5O. The number of halogens is 1. The summed E-state index contributed by atoms with van der Waals surface area (Å²) in [4.78, 5) is 23.5. The third-order valence-corrected chi connectivity index (χ3v) is 7.49. The quantitative estimate of drug-likeness (QED) is 0.572. The minimum atomic E-state index is -0.735. The summed E-state index contributed by atoms with van der Waals surface area (Å²) in [5.74, 6) is 0.968. The molecule has 1 amide bonds. The molecule has 4 heterocycles. The fourth-order valence-electron chi connectivity index (χ4n) is 5.57. The predicted molar refractivity (Wildman–Crippen MR) is 132 cm³/mol. The topological polar surface area (TPSA) is 52.0 Å². The van der Waals surface area contributed by atoms with Crippen LogP contribution >= 0.6 is 11.6 Å². The molecule has 166 valence electrons. The number of pyridine rings is 1. The fraction of sp³-hybridized carbons (Fsp3) is 0.269. The summed E-state index contributed by atoms with van der Waals surface area (Å²) >= 11 is 6.09. The maximum absolute atomic E-state index is 14.2. The molecule has 33 heavy (non-hydrogen) atoms. The molecule has 2 aromatic carbocycles. The molecular weight excluding hydrogens is 434 g/mol. The van der Waals surface area contributed by atoms with Crippen molar-refractivity contribution in [3.63, 3.8) is 0 Å². The van der Waals surface area contributed by atoms with Crippen LogP contribution < -0.4 is 14.8 Å². The Balaban J connectivity index is 1.45. The van der Waals surface area contributed by atoms with E-state index in [4.69, 9.17) is 16.7 Å². The zero-order chi connectivity index (χ0) is 22.6. The number of carbonyl (C=O) groups is 1. The molecule has 6 rings (SSSR count). The predicted octanol–water partition coefficient (Wildman–Crippen LogP) is 4.40. The lowest BCUT2D eigenvalue weighted by Crippen LogP contribution is -2.67. The molecule has 0 aliphatic carbocycles. The summed E-state index contributed by atoms with van der Waals surface area (Å²) in [6.45, 7) is 4.38. The average molecular weight is 458 g/mol. The number of hydrazone groups is 1. The van der Waals surface area contributed by atoms with E-state index in [2.05, 4.69) is 39.0 Å². The number of fused-ring (bicyclic) bond motifs is 4. The Labute approximate surface area is 198 Å². The molecule has 2 atom stereocenters. The van der Waals surface area contributed by atoms with Crippen molar-refractivity contribution >= 4 is 40.4 Å². The van der Waals surface area contributed by atoms with Crippen LogP contribution in [0.5, 0.6) is 0 Å². The van der Waals surface area contributed by atoms with E-state index in [1.807, 2.05) is 43.5 Å². The first-order valence-corrected chi connectivity index (χ1v) is 11.6. The molecule has 1 aromatic heterocycles. The van der Waals surface area contributed by atoms with E-state index in [1.54, 1.807) is 17.1 Å². The minimum Gasteiger partial charge on any atom is -0.363 e. The van der Waals surface area contributed by atoms with E-state index < -0.39 is 5.41 Å². The lowest BCUT2D eigenvalue weighted by molar-refractivity contribution is -0.125. The van der Waals surface area contributed by atoms with Crippen molar-refractivity contribution in [1.82, 2.24) is 4.98 Å². The van der Waals surface area contributed by atoms with Gasteiger partial charge in [0.1, 0.15) is 11.2 Å². The van der Waals surface area contributed by atoms with Crippen LogP contribution in [0, 0.1) is 5.41 Å². The normalized spacial score (nSPS) is 24.1. The van der Waals surface area contributed by atoms with Gasteiger partial charge in [-0.25, -0.2) is 4.98 Å². The van der Waals surface area contributed by atoms with Crippen molar-refractivity contribution in [1.29, 1.82) is 0 Å². The van der Waals surface area contributed by atoms with Crippen molar-refractivity contribution < 1.29 is 4.79 Å². The van der Waals surface area contributed by atoms with Gasteiger partial charge >= 0.3 is 0 Å². The fourth-order valence-corrected chi connectivity index (χ4v) is 5.70. The van der Waals surface area contributed by atoms with Crippen LogP contribution in [0.4, 0.5) is 17.2 Å². The Morgan fingerprint density at radius 3 is 2.58 bits per heavy atom. The van der Waals surface area contributed by atoms with Crippen molar-refractivity contribution in [3.8, 4) is 0 Å². The van der Waals surface area contributed by atoms with Gasteiger partial charge in [0.05, 0.1) is 17.4 Å². The van der Waals surface area contributed by atoms with E-state index in [9.17, 15) is 4.79 Å². The van der Waals surface area contributed by atoms with Crippen molar-refractivity contribution in [2.75, 3.05) is 34.4 Å². The summed E-state index contributed by atoms with van der Waals surface area (Å²) in [6, 6.07) is 21.7. The van der Waals surface area contributed by atoms with Gasteiger partial charge in [-0.2, -0.15) is 10.1 Å². The molecule has 6 nitrogen and oxygen atoms in total. The van der Waals surface area contributed by atoms with E-state index in [0.717, 1.165) is 30.3 Å². The lowest BCUT2D eigenvalue weighted by Gasteiger charge is -2.53. The molecule has 0 N–H and O–H groups in total. The van der Waals surface area contributed by atoms with Gasteiger partial charge in [0.25, 0.3) is 5.91 Å². The highest BCUT2D eigenvalue weighted by molar-refractivity contribution is 6.30. The highest BCUT2D eigenvalue weighted by Crippen LogP contribution is 2.48. The average Bonchev–Trinajstić information content (AvgIpc) is 3.10. The number of amides is 1. The Bertz CT molecular complexity index is 1250. The third kappa shape index (κ3) is 3.04. The SMILES string of the molecule is CC1=NN(c2ccc(Cl)cc2)C(=O)[C@]12Cc1ccccc1N1CCN(c3ccccn3)C[C@H]12. The molecule has 1 saturated heterocycles. The van der Waals surface area contributed by atoms with Crippen molar-refractivity contribution in [2.45, 2.75) is 19.4 Å². The van der Waals surface area contributed by atoms with Crippen LogP contribution in [0.3, 0.4) is 0 Å². The van der Waals surface area contributed by atoms with Crippen LogP contribution in [0.25, 0.3) is 0 Å². The molecule has 7 heteroatoms. The molecule has 0 unspecified atom stereocenters. The number of hydrogen-bond acceptors (Lipinski definition) is 5. The van der Waals surface area contributed by atoms with Gasteiger partial charge in [-0.1, -0.05) is 35.9 Å². The number of piperazine rings is 1. The first-order valence-electron chi connectivity index (χ1n) is 11.2. The van der Waals surface area contributed by atoms with Gasteiger partial charge in [-0.15, -0.1) is 0 Å². The Morgan fingerprint density at radius 2 is 1.79 bits per heavy atom. The molecule has 0 radical (unpaired) electrons. The molecule has 0 saturated carbocycles. The molecule has 1 spiro atoms. The molecule has 3 aliphatic heterocycles. The Morgan fingerprint density at radius 1 is 1.00 bits per heavy atom. The van der Waals surface area contributed by atoms with Gasteiger partial charge in [-0.05, 0) is 61.4 Å². The first-order chi connectivity index (χ1) is 16.1. The second-order valence-electron chi connectivity index (χ2n) is 8.90. The highest BCUT2D eigenvalue weighted by Gasteiger charge is 2.60. The van der Waals surface area contributed by atoms with E-state index in [-0.39, 0.29) is 11.9 Å². The van der Waals surface area contributed by atoms with E-state index in [1.165, 1.54) is 11.3 Å².